The maximum Gasteiger partial charge on any atom is 0.264 e. The van der Waals surface area contributed by atoms with Gasteiger partial charge >= 0.3 is 0 Å². The minimum absolute atomic E-state index is 0.00987. The third kappa shape index (κ3) is 3.39. The Bertz CT molecular complexity index is 423. The van der Waals surface area contributed by atoms with Gasteiger partial charge in [0.2, 0.25) is 5.88 Å². The minimum atomic E-state index is -2.50. The lowest BCUT2D eigenvalue weighted by Crippen LogP contribution is -2.52. The van der Waals surface area contributed by atoms with Crippen molar-refractivity contribution in [1.82, 2.24) is 9.88 Å². The van der Waals surface area contributed by atoms with E-state index in [1.807, 2.05) is 0 Å². The van der Waals surface area contributed by atoms with Crippen LogP contribution < -0.4 is 4.74 Å². The summed E-state index contributed by atoms with van der Waals surface area (Å²) in [5.41, 5.74) is 0.590. The molecule has 2 heterocycles. The van der Waals surface area contributed by atoms with Gasteiger partial charge in [-0.25, -0.2) is 13.8 Å². The summed E-state index contributed by atoms with van der Waals surface area (Å²) in [6.45, 7) is 2.47. The summed E-state index contributed by atoms with van der Waals surface area (Å²) < 4.78 is 36.0. The zero-order chi connectivity index (χ0) is 13.8. The zero-order valence-corrected chi connectivity index (χ0v) is 11.1. The van der Waals surface area contributed by atoms with Crippen molar-refractivity contribution in [2.45, 2.75) is 19.0 Å². The van der Waals surface area contributed by atoms with E-state index in [0.717, 1.165) is 19.6 Å². The molecule has 1 aromatic rings. The van der Waals surface area contributed by atoms with Crippen molar-refractivity contribution >= 4 is 0 Å². The molecular weight excluding hydrogens is 254 g/mol. The van der Waals surface area contributed by atoms with Crippen LogP contribution in [0.2, 0.25) is 0 Å². The van der Waals surface area contributed by atoms with E-state index in [1.54, 1.807) is 7.11 Å². The molecule has 0 unspecified atom stereocenters. The van der Waals surface area contributed by atoms with Crippen LogP contribution in [0.3, 0.4) is 0 Å². The average Bonchev–Trinajstić information content (AvgIpc) is 2.37. The quantitative estimate of drug-likeness (QED) is 0.792. The molecule has 1 aliphatic heterocycles. The fourth-order valence-corrected chi connectivity index (χ4v) is 2.14. The number of nitrogens with zero attached hydrogens (tertiary/aromatic N) is 2. The molecular formula is C13H18F2N2O2. The zero-order valence-electron chi connectivity index (χ0n) is 11.1. The van der Waals surface area contributed by atoms with Crippen molar-refractivity contribution < 1.29 is 18.3 Å². The van der Waals surface area contributed by atoms with Crippen LogP contribution >= 0.6 is 0 Å². The van der Waals surface area contributed by atoms with Gasteiger partial charge in [0.15, 0.2) is 0 Å². The topological polar surface area (TPSA) is 34.6 Å². The molecule has 0 spiro atoms. The number of ether oxygens (including phenoxy) is 2. The number of pyridine rings is 1. The van der Waals surface area contributed by atoms with Crippen molar-refractivity contribution in [2.75, 3.05) is 33.9 Å². The Labute approximate surface area is 111 Å². The molecule has 0 aromatic carbocycles. The molecule has 0 atom stereocenters. The smallest absolute Gasteiger partial charge is 0.264 e. The molecule has 106 valence electrons. The highest BCUT2D eigenvalue weighted by atomic mass is 19.3. The summed E-state index contributed by atoms with van der Waals surface area (Å²) in [4.78, 5) is 6.17. The Kier molecular flexibility index (Phi) is 4.66. The SMILES string of the molecule is COc1cc(C(F)F)c(CCN2CC(OC)C2)cn1. The number of alkyl halides is 2. The summed E-state index contributed by atoms with van der Waals surface area (Å²) in [5, 5.41) is 0. The fraction of sp³-hybridized carbons (Fsp3) is 0.615. The van der Waals surface area contributed by atoms with Gasteiger partial charge in [0.1, 0.15) is 0 Å². The van der Waals surface area contributed by atoms with Crippen LogP contribution in [0.5, 0.6) is 5.88 Å². The second-order valence-electron chi connectivity index (χ2n) is 4.59. The number of likely N-dealkylation sites (tertiary alicyclic amines) is 1. The first kappa shape index (κ1) is 14.1. The molecule has 19 heavy (non-hydrogen) atoms. The standard InChI is InChI=1S/C13H18F2N2O2/c1-18-10-7-17(8-10)4-3-9-6-16-12(19-2)5-11(9)13(14)15/h5-6,10,13H,3-4,7-8H2,1-2H3. The normalized spacial score (nSPS) is 16.7. The van der Waals surface area contributed by atoms with E-state index in [9.17, 15) is 8.78 Å². The van der Waals surface area contributed by atoms with Gasteiger partial charge in [-0.2, -0.15) is 0 Å². The van der Waals surface area contributed by atoms with Crippen molar-refractivity contribution in [1.29, 1.82) is 0 Å². The monoisotopic (exact) mass is 272 g/mol. The van der Waals surface area contributed by atoms with Gasteiger partial charge < -0.3 is 9.47 Å². The molecule has 2 rings (SSSR count). The van der Waals surface area contributed by atoms with Gasteiger partial charge in [-0.15, -0.1) is 0 Å². The highest BCUT2D eigenvalue weighted by Crippen LogP contribution is 2.26. The number of hydrogen-bond donors (Lipinski definition) is 0. The third-order valence-electron chi connectivity index (χ3n) is 3.40. The van der Waals surface area contributed by atoms with Gasteiger partial charge in [0, 0.05) is 44.6 Å². The summed E-state index contributed by atoms with van der Waals surface area (Å²) in [6.07, 6.45) is -0.181. The Balaban J connectivity index is 1.96. The van der Waals surface area contributed by atoms with Crippen LogP contribution in [0.1, 0.15) is 17.6 Å². The van der Waals surface area contributed by atoms with Gasteiger partial charge in [0.25, 0.3) is 6.43 Å². The Hall–Kier alpha value is -1.27. The molecule has 0 radical (unpaired) electrons. The van der Waals surface area contributed by atoms with Gasteiger partial charge in [-0.1, -0.05) is 0 Å². The van der Waals surface area contributed by atoms with E-state index in [4.69, 9.17) is 9.47 Å². The molecule has 0 amide bonds. The average molecular weight is 272 g/mol. The van der Waals surface area contributed by atoms with E-state index < -0.39 is 6.43 Å². The number of methoxy groups -OCH3 is 2. The molecule has 0 aliphatic carbocycles. The molecule has 0 N–H and O–H groups in total. The Morgan fingerprint density at radius 2 is 2.16 bits per heavy atom. The van der Waals surface area contributed by atoms with Crippen LogP contribution in [0, 0.1) is 0 Å². The highest BCUT2D eigenvalue weighted by Gasteiger charge is 2.26. The van der Waals surface area contributed by atoms with Crippen LogP contribution in [0.25, 0.3) is 0 Å². The van der Waals surface area contributed by atoms with Gasteiger partial charge in [0.05, 0.1) is 13.2 Å². The Morgan fingerprint density at radius 3 is 2.74 bits per heavy atom. The van der Waals surface area contributed by atoms with Crippen molar-refractivity contribution in [3.05, 3.63) is 23.4 Å². The second kappa shape index (κ2) is 6.25. The molecule has 1 fully saturated rings. The van der Waals surface area contributed by atoms with Crippen LogP contribution in [-0.2, 0) is 11.2 Å². The molecule has 0 saturated carbocycles. The second-order valence-corrected chi connectivity index (χ2v) is 4.59. The van der Waals surface area contributed by atoms with Gasteiger partial charge in [-0.05, 0) is 12.0 Å². The first-order chi connectivity index (χ1) is 9.13. The lowest BCUT2D eigenvalue weighted by Gasteiger charge is -2.38. The van der Waals surface area contributed by atoms with E-state index >= 15 is 0 Å². The third-order valence-corrected chi connectivity index (χ3v) is 3.40. The van der Waals surface area contributed by atoms with E-state index in [0.29, 0.717) is 12.0 Å². The number of aromatic nitrogens is 1. The molecule has 0 bridgehead atoms. The fourth-order valence-electron chi connectivity index (χ4n) is 2.14. The van der Waals surface area contributed by atoms with Crippen molar-refractivity contribution in [2.24, 2.45) is 0 Å². The lowest BCUT2D eigenvalue weighted by molar-refractivity contribution is -0.0285. The first-order valence-electron chi connectivity index (χ1n) is 6.20. The lowest BCUT2D eigenvalue weighted by atomic mass is 10.1. The molecule has 4 nitrogen and oxygen atoms in total. The van der Waals surface area contributed by atoms with Crippen molar-refractivity contribution in [3.63, 3.8) is 0 Å². The van der Waals surface area contributed by atoms with Crippen molar-refractivity contribution in [3.8, 4) is 5.88 Å². The minimum Gasteiger partial charge on any atom is -0.481 e. The summed E-state index contributed by atoms with van der Waals surface area (Å²) in [6, 6.07) is 1.31. The van der Waals surface area contributed by atoms with Crippen LogP contribution in [0.15, 0.2) is 12.3 Å². The number of hydrogen-bond acceptors (Lipinski definition) is 4. The molecule has 1 saturated heterocycles. The largest absolute Gasteiger partial charge is 0.481 e. The Morgan fingerprint density at radius 1 is 1.42 bits per heavy atom. The molecule has 1 aromatic heterocycles. The number of rotatable bonds is 6. The summed E-state index contributed by atoms with van der Waals surface area (Å²) in [5.74, 6) is 0.224. The van der Waals surface area contributed by atoms with Gasteiger partial charge in [-0.3, -0.25) is 4.90 Å². The maximum absolute atomic E-state index is 13.0. The molecule has 1 aliphatic rings. The summed E-state index contributed by atoms with van der Waals surface area (Å²) in [7, 11) is 3.10. The van der Waals surface area contributed by atoms with Crippen LogP contribution in [-0.4, -0.2) is 49.8 Å². The molecule has 6 heteroatoms. The highest BCUT2D eigenvalue weighted by molar-refractivity contribution is 5.30. The summed E-state index contributed by atoms with van der Waals surface area (Å²) >= 11 is 0. The predicted octanol–water partition coefficient (Wildman–Crippen LogP) is 1.90. The van der Waals surface area contributed by atoms with E-state index in [1.165, 1.54) is 19.4 Å². The van der Waals surface area contributed by atoms with Crippen LogP contribution in [0.4, 0.5) is 8.78 Å². The van der Waals surface area contributed by atoms with E-state index in [-0.39, 0.29) is 17.5 Å². The number of halogens is 2. The van der Waals surface area contributed by atoms with E-state index in [2.05, 4.69) is 9.88 Å². The predicted molar refractivity (Wildman–Crippen MR) is 66.7 cm³/mol. The first-order valence-corrected chi connectivity index (χ1v) is 6.20. The maximum atomic E-state index is 13.0.